The number of H-pyrrole nitrogens is 1. The van der Waals surface area contributed by atoms with Gasteiger partial charge in [-0.25, -0.2) is 9.78 Å². The van der Waals surface area contributed by atoms with Gasteiger partial charge in [0.1, 0.15) is 5.15 Å². The summed E-state index contributed by atoms with van der Waals surface area (Å²) >= 11 is 5.73. The van der Waals surface area contributed by atoms with Gasteiger partial charge in [-0.1, -0.05) is 11.6 Å². The molecule has 0 aromatic carbocycles. The Morgan fingerprint density at radius 3 is 2.64 bits per heavy atom. The van der Waals surface area contributed by atoms with Crippen molar-refractivity contribution in [2.24, 2.45) is 0 Å². The number of ether oxygens (including phenoxy) is 2. The van der Waals surface area contributed by atoms with Crippen molar-refractivity contribution in [3.05, 3.63) is 50.5 Å². The predicted molar refractivity (Wildman–Crippen MR) is 82.0 cm³/mol. The maximum atomic E-state index is 11.9. The lowest BCUT2D eigenvalue weighted by Gasteiger charge is -2.14. The fourth-order valence-electron chi connectivity index (χ4n) is 1.99. The molecule has 0 unspecified atom stereocenters. The van der Waals surface area contributed by atoms with E-state index >= 15 is 0 Å². The van der Waals surface area contributed by atoms with E-state index in [1.807, 2.05) is 0 Å². The third-order valence-corrected chi connectivity index (χ3v) is 3.40. The van der Waals surface area contributed by atoms with Gasteiger partial charge in [0, 0.05) is 45.1 Å². The number of hydrogen-bond acceptors (Lipinski definition) is 5. The Hall–Kier alpha value is -1.96. The first-order valence-corrected chi connectivity index (χ1v) is 6.94. The van der Waals surface area contributed by atoms with Crippen LogP contribution in [0.15, 0.2) is 34.1 Å². The molecule has 0 aliphatic carbocycles. The molecule has 0 fully saturated rings. The highest BCUT2D eigenvalue weighted by Gasteiger charge is 2.10. The van der Waals surface area contributed by atoms with Gasteiger partial charge in [-0.15, -0.1) is 0 Å². The van der Waals surface area contributed by atoms with Crippen molar-refractivity contribution in [1.29, 1.82) is 0 Å². The molecule has 0 aliphatic rings. The number of aromatic amines is 1. The average Bonchev–Trinajstić information content (AvgIpc) is 2.51. The molecule has 7 nitrogen and oxygen atoms in total. The molecule has 2 aromatic rings. The number of halogens is 1. The zero-order valence-electron chi connectivity index (χ0n) is 12.2. The van der Waals surface area contributed by atoms with Gasteiger partial charge in [0.2, 0.25) is 0 Å². The van der Waals surface area contributed by atoms with E-state index in [9.17, 15) is 9.59 Å². The van der Waals surface area contributed by atoms with E-state index in [-0.39, 0.29) is 0 Å². The van der Waals surface area contributed by atoms with Crippen LogP contribution >= 0.6 is 11.6 Å². The lowest BCUT2D eigenvalue weighted by atomic mass is 10.1. The Kier molecular flexibility index (Phi) is 5.48. The second-order valence-corrected chi connectivity index (χ2v) is 4.94. The van der Waals surface area contributed by atoms with Crippen molar-refractivity contribution in [3.8, 4) is 11.1 Å². The molecule has 118 valence electrons. The lowest BCUT2D eigenvalue weighted by Crippen LogP contribution is -2.31. The first-order chi connectivity index (χ1) is 10.5. The number of nitrogens with zero attached hydrogens (tertiary/aromatic N) is 2. The highest BCUT2D eigenvalue weighted by atomic mass is 35.5. The van der Waals surface area contributed by atoms with Crippen LogP contribution < -0.4 is 11.2 Å². The van der Waals surface area contributed by atoms with Gasteiger partial charge in [0.05, 0.1) is 5.56 Å². The van der Waals surface area contributed by atoms with Gasteiger partial charge in [0.15, 0.2) is 6.29 Å². The first kappa shape index (κ1) is 16.4. The average molecular weight is 326 g/mol. The van der Waals surface area contributed by atoms with Crippen LogP contribution in [0.25, 0.3) is 11.1 Å². The van der Waals surface area contributed by atoms with E-state index in [0.29, 0.717) is 29.2 Å². The SMILES string of the molecule is COC(CCn1cc(-c2ccc(Cl)nc2)c(=O)[nH]c1=O)OC. The Morgan fingerprint density at radius 2 is 2.05 bits per heavy atom. The van der Waals surface area contributed by atoms with Crippen LogP contribution in [-0.4, -0.2) is 35.0 Å². The van der Waals surface area contributed by atoms with Crippen molar-refractivity contribution in [2.45, 2.75) is 19.3 Å². The fraction of sp³-hybridized carbons (Fsp3) is 0.357. The highest BCUT2D eigenvalue weighted by molar-refractivity contribution is 6.29. The van der Waals surface area contributed by atoms with E-state index < -0.39 is 17.5 Å². The Morgan fingerprint density at radius 1 is 1.32 bits per heavy atom. The predicted octanol–water partition coefficient (Wildman–Crippen LogP) is 1.26. The van der Waals surface area contributed by atoms with Crippen molar-refractivity contribution in [3.63, 3.8) is 0 Å². The minimum Gasteiger partial charge on any atom is -0.356 e. The van der Waals surface area contributed by atoms with E-state index in [1.165, 1.54) is 31.2 Å². The number of pyridine rings is 1. The van der Waals surface area contributed by atoms with Gasteiger partial charge in [-0.2, -0.15) is 0 Å². The van der Waals surface area contributed by atoms with Gasteiger partial charge < -0.3 is 9.47 Å². The van der Waals surface area contributed by atoms with Crippen molar-refractivity contribution in [2.75, 3.05) is 14.2 Å². The number of aromatic nitrogens is 3. The summed E-state index contributed by atoms with van der Waals surface area (Å²) in [5, 5.41) is 0.330. The summed E-state index contributed by atoms with van der Waals surface area (Å²) in [6.07, 6.45) is 3.03. The molecule has 0 amide bonds. The largest absolute Gasteiger partial charge is 0.356 e. The fourth-order valence-corrected chi connectivity index (χ4v) is 2.10. The van der Waals surface area contributed by atoms with Crippen LogP contribution in [0.2, 0.25) is 5.15 Å². The first-order valence-electron chi connectivity index (χ1n) is 6.56. The summed E-state index contributed by atoms with van der Waals surface area (Å²) in [5.41, 5.74) is -0.0355. The summed E-state index contributed by atoms with van der Waals surface area (Å²) in [7, 11) is 3.04. The summed E-state index contributed by atoms with van der Waals surface area (Å²) < 4.78 is 11.6. The van der Waals surface area contributed by atoms with Gasteiger partial charge >= 0.3 is 5.69 Å². The smallest absolute Gasteiger partial charge is 0.328 e. The molecular formula is C14H16ClN3O4. The molecular weight excluding hydrogens is 310 g/mol. The van der Waals surface area contributed by atoms with Crippen LogP contribution in [0.3, 0.4) is 0 Å². The van der Waals surface area contributed by atoms with E-state index in [1.54, 1.807) is 12.1 Å². The van der Waals surface area contributed by atoms with E-state index in [4.69, 9.17) is 21.1 Å². The zero-order chi connectivity index (χ0) is 16.1. The summed E-state index contributed by atoms with van der Waals surface area (Å²) in [6, 6.07) is 3.25. The molecule has 1 N–H and O–H groups in total. The highest BCUT2D eigenvalue weighted by Crippen LogP contribution is 2.15. The number of methoxy groups -OCH3 is 2. The van der Waals surface area contributed by atoms with Gasteiger partial charge in [0.25, 0.3) is 5.56 Å². The topological polar surface area (TPSA) is 86.2 Å². The summed E-state index contributed by atoms with van der Waals surface area (Å²) in [6.45, 7) is 0.343. The lowest BCUT2D eigenvalue weighted by molar-refractivity contribution is -0.108. The Labute approximate surface area is 131 Å². The summed E-state index contributed by atoms with van der Waals surface area (Å²) in [4.78, 5) is 30.0. The molecule has 0 aliphatic heterocycles. The van der Waals surface area contributed by atoms with Crippen molar-refractivity contribution >= 4 is 11.6 Å². The van der Waals surface area contributed by atoms with Gasteiger partial charge in [-0.3, -0.25) is 14.3 Å². The monoisotopic (exact) mass is 325 g/mol. The third kappa shape index (κ3) is 3.82. The molecule has 2 heterocycles. The molecule has 0 spiro atoms. The van der Waals surface area contributed by atoms with Crippen LogP contribution in [-0.2, 0) is 16.0 Å². The van der Waals surface area contributed by atoms with Crippen LogP contribution in [0.1, 0.15) is 6.42 Å². The molecule has 0 saturated carbocycles. The number of nitrogens with one attached hydrogen (secondary N) is 1. The van der Waals surface area contributed by atoms with Crippen LogP contribution in [0.4, 0.5) is 0 Å². The molecule has 2 aromatic heterocycles. The third-order valence-electron chi connectivity index (χ3n) is 3.18. The molecule has 22 heavy (non-hydrogen) atoms. The summed E-state index contributed by atoms with van der Waals surface area (Å²) in [5.74, 6) is 0. The van der Waals surface area contributed by atoms with E-state index in [2.05, 4.69) is 9.97 Å². The number of rotatable bonds is 6. The van der Waals surface area contributed by atoms with Crippen LogP contribution in [0.5, 0.6) is 0 Å². The molecule has 0 atom stereocenters. The van der Waals surface area contributed by atoms with Crippen LogP contribution in [0, 0.1) is 0 Å². The second kappa shape index (κ2) is 7.35. The molecule has 8 heteroatoms. The van der Waals surface area contributed by atoms with Crippen molar-refractivity contribution < 1.29 is 9.47 Å². The zero-order valence-corrected chi connectivity index (χ0v) is 13.0. The number of hydrogen-bond donors (Lipinski definition) is 1. The normalized spacial score (nSPS) is 11.1. The molecule has 2 rings (SSSR count). The van der Waals surface area contributed by atoms with Crippen molar-refractivity contribution in [1.82, 2.24) is 14.5 Å². The maximum Gasteiger partial charge on any atom is 0.328 e. The van der Waals surface area contributed by atoms with Gasteiger partial charge in [-0.05, 0) is 12.1 Å². The van der Waals surface area contributed by atoms with E-state index in [0.717, 1.165) is 0 Å². The molecule has 0 radical (unpaired) electrons. The number of aryl methyl sites for hydroxylation is 1. The Balaban J connectivity index is 2.33. The standard InChI is InChI=1S/C14H16ClN3O4/c1-21-12(22-2)5-6-18-8-10(13(19)17-14(18)20)9-3-4-11(15)16-7-9/h3-4,7-8,12H,5-6H2,1-2H3,(H,17,19,20). The minimum absolute atomic E-state index is 0.330. The minimum atomic E-state index is -0.485. The second-order valence-electron chi connectivity index (χ2n) is 4.55. The quantitative estimate of drug-likeness (QED) is 0.638. The molecule has 0 saturated heterocycles. The Bertz CT molecular complexity index is 735. The maximum absolute atomic E-state index is 11.9. The molecule has 0 bridgehead atoms.